The molecule has 26 heavy (non-hydrogen) atoms. The summed E-state index contributed by atoms with van der Waals surface area (Å²) in [6.07, 6.45) is -1.10. The fraction of sp³-hybridized carbons (Fsp3) is 0.438. The lowest BCUT2D eigenvalue weighted by molar-refractivity contribution is -0.141. The molecule has 10 heteroatoms. The molecule has 1 aromatic rings. The van der Waals surface area contributed by atoms with Crippen LogP contribution in [0, 0.1) is 0 Å². The summed E-state index contributed by atoms with van der Waals surface area (Å²) in [4.78, 5) is 35.6. The van der Waals surface area contributed by atoms with Crippen molar-refractivity contribution in [2.24, 2.45) is 5.73 Å². The largest absolute Gasteiger partial charge is 0.508 e. The van der Waals surface area contributed by atoms with Crippen molar-refractivity contribution in [2.45, 2.75) is 37.6 Å². The molecule has 0 radical (unpaired) electrons. The number of aliphatic carboxylic acids is 1. The number of hydrogen-bond acceptors (Lipinski definition) is 7. The third-order valence-electron chi connectivity index (χ3n) is 3.63. The Balaban J connectivity index is 2.96. The number of phenols is 1. The van der Waals surface area contributed by atoms with Crippen LogP contribution in [-0.4, -0.2) is 63.1 Å². The first-order valence-corrected chi connectivity index (χ1v) is 8.45. The van der Waals surface area contributed by atoms with E-state index in [1.165, 1.54) is 19.1 Å². The summed E-state index contributed by atoms with van der Waals surface area (Å²) >= 11 is 3.87. The average Bonchev–Trinajstić information content (AvgIpc) is 2.59. The van der Waals surface area contributed by atoms with E-state index in [9.17, 15) is 24.6 Å². The fourth-order valence-electron chi connectivity index (χ4n) is 2.02. The van der Waals surface area contributed by atoms with Gasteiger partial charge in [0.2, 0.25) is 11.8 Å². The minimum Gasteiger partial charge on any atom is -0.508 e. The Morgan fingerprint density at radius 2 is 1.65 bits per heavy atom. The number of phenolic OH excluding ortho intramolecular Hbond substituents is 1. The smallest absolute Gasteiger partial charge is 0.327 e. The quantitative estimate of drug-likeness (QED) is 0.258. The highest BCUT2D eigenvalue weighted by Crippen LogP contribution is 2.12. The van der Waals surface area contributed by atoms with Crippen molar-refractivity contribution in [1.82, 2.24) is 10.6 Å². The molecule has 0 saturated carbocycles. The zero-order valence-electron chi connectivity index (χ0n) is 14.1. The van der Waals surface area contributed by atoms with E-state index >= 15 is 0 Å². The van der Waals surface area contributed by atoms with Gasteiger partial charge in [-0.25, -0.2) is 4.79 Å². The van der Waals surface area contributed by atoms with Crippen molar-refractivity contribution < 1.29 is 29.7 Å². The summed E-state index contributed by atoms with van der Waals surface area (Å²) in [5.74, 6) is -2.84. The van der Waals surface area contributed by atoms with Gasteiger partial charge in [-0.05, 0) is 24.6 Å². The Morgan fingerprint density at radius 1 is 1.12 bits per heavy atom. The van der Waals surface area contributed by atoms with Gasteiger partial charge in [-0.1, -0.05) is 12.1 Å². The van der Waals surface area contributed by atoms with E-state index in [1.807, 2.05) is 0 Å². The molecule has 7 N–H and O–H groups in total. The molecule has 0 aliphatic rings. The molecule has 144 valence electrons. The number of aliphatic hydroxyl groups is 1. The van der Waals surface area contributed by atoms with E-state index in [0.717, 1.165) is 0 Å². The maximum Gasteiger partial charge on any atom is 0.327 e. The molecule has 1 rings (SSSR count). The van der Waals surface area contributed by atoms with E-state index in [4.69, 9.17) is 10.8 Å². The van der Waals surface area contributed by atoms with Gasteiger partial charge in [0.1, 0.15) is 23.9 Å². The second kappa shape index (κ2) is 10.00. The Bertz CT molecular complexity index is 637. The molecule has 0 aliphatic carbocycles. The Labute approximate surface area is 156 Å². The molecule has 2 amide bonds. The van der Waals surface area contributed by atoms with E-state index in [1.54, 1.807) is 12.1 Å². The van der Waals surface area contributed by atoms with Crippen LogP contribution in [0.25, 0.3) is 0 Å². The maximum atomic E-state index is 12.4. The van der Waals surface area contributed by atoms with Gasteiger partial charge in [0.15, 0.2) is 0 Å². The van der Waals surface area contributed by atoms with Crippen molar-refractivity contribution in [2.75, 3.05) is 5.75 Å². The number of aromatic hydroxyl groups is 1. The molecule has 0 aromatic heterocycles. The number of hydrogen-bond donors (Lipinski definition) is 7. The molecule has 0 fully saturated rings. The highest BCUT2D eigenvalue weighted by Gasteiger charge is 2.28. The van der Waals surface area contributed by atoms with Gasteiger partial charge in [0.05, 0.1) is 6.10 Å². The average molecular weight is 385 g/mol. The number of carbonyl (C=O) groups excluding carboxylic acids is 2. The zero-order valence-corrected chi connectivity index (χ0v) is 15.0. The summed E-state index contributed by atoms with van der Waals surface area (Å²) in [6.45, 7) is 1.33. The predicted molar refractivity (Wildman–Crippen MR) is 96.8 cm³/mol. The number of carboxylic acid groups (broad SMARTS) is 1. The fourth-order valence-corrected chi connectivity index (χ4v) is 2.27. The molecule has 0 saturated heterocycles. The number of thiol groups is 1. The summed E-state index contributed by atoms with van der Waals surface area (Å²) in [6, 6.07) is 2.36. The second-order valence-corrected chi connectivity index (χ2v) is 6.15. The number of benzene rings is 1. The zero-order chi connectivity index (χ0) is 19.9. The summed E-state index contributed by atoms with van der Waals surface area (Å²) in [7, 11) is 0. The maximum absolute atomic E-state index is 12.4. The van der Waals surface area contributed by atoms with Gasteiger partial charge in [-0.2, -0.15) is 12.6 Å². The lowest BCUT2D eigenvalue weighted by Gasteiger charge is -2.23. The van der Waals surface area contributed by atoms with Crippen molar-refractivity contribution >= 4 is 30.4 Å². The van der Waals surface area contributed by atoms with Crippen LogP contribution in [0.3, 0.4) is 0 Å². The Morgan fingerprint density at radius 3 is 2.12 bits per heavy atom. The number of aliphatic hydroxyl groups excluding tert-OH is 1. The summed E-state index contributed by atoms with van der Waals surface area (Å²) in [5, 5.41) is 32.5. The third kappa shape index (κ3) is 6.54. The summed E-state index contributed by atoms with van der Waals surface area (Å²) < 4.78 is 0. The number of nitrogens with one attached hydrogen (secondary N) is 2. The molecular weight excluding hydrogens is 362 g/mol. The minimum absolute atomic E-state index is 0.0310. The molecule has 0 unspecified atom stereocenters. The van der Waals surface area contributed by atoms with Gasteiger partial charge in [0, 0.05) is 12.2 Å². The van der Waals surface area contributed by atoms with E-state index in [0.29, 0.717) is 5.56 Å². The highest BCUT2D eigenvalue weighted by molar-refractivity contribution is 7.80. The number of carbonyl (C=O) groups is 3. The highest BCUT2D eigenvalue weighted by atomic mass is 32.1. The van der Waals surface area contributed by atoms with Crippen LogP contribution in [-0.2, 0) is 20.8 Å². The number of nitrogens with two attached hydrogens (primary N) is 1. The lowest BCUT2D eigenvalue weighted by Crippen LogP contribution is -2.57. The predicted octanol–water partition coefficient (Wildman–Crippen LogP) is -1.37. The van der Waals surface area contributed by atoms with Gasteiger partial charge < -0.3 is 31.7 Å². The number of rotatable bonds is 9. The van der Waals surface area contributed by atoms with Gasteiger partial charge in [-0.15, -0.1) is 0 Å². The monoisotopic (exact) mass is 385 g/mol. The first-order valence-electron chi connectivity index (χ1n) is 7.81. The van der Waals surface area contributed by atoms with E-state index in [-0.39, 0.29) is 17.9 Å². The van der Waals surface area contributed by atoms with Crippen LogP contribution >= 0.6 is 12.6 Å². The molecule has 0 aliphatic heterocycles. The van der Waals surface area contributed by atoms with Crippen LogP contribution in [0.5, 0.6) is 5.75 Å². The molecule has 1 aromatic carbocycles. The van der Waals surface area contributed by atoms with Crippen LogP contribution in [0.2, 0.25) is 0 Å². The van der Waals surface area contributed by atoms with Crippen LogP contribution in [0.15, 0.2) is 24.3 Å². The first-order chi connectivity index (χ1) is 12.1. The van der Waals surface area contributed by atoms with Gasteiger partial charge >= 0.3 is 5.97 Å². The third-order valence-corrected chi connectivity index (χ3v) is 3.99. The molecule has 0 heterocycles. The second-order valence-electron chi connectivity index (χ2n) is 5.78. The summed E-state index contributed by atoms with van der Waals surface area (Å²) in [5.41, 5.74) is 6.18. The molecule has 0 bridgehead atoms. The van der Waals surface area contributed by atoms with Crippen molar-refractivity contribution in [3.05, 3.63) is 29.8 Å². The van der Waals surface area contributed by atoms with Crippen LogP contribution in [0.4, 0.5) is 0 Å². The van der Waals surface area contributed by atoms with Crippen molar-refractivity contribution in [3.8, 4) is 5.75 Å². The molecule has 4 atom stereocenters. The van der Waals surface area contributed by atoms with Crippen molar-refractivity contribution in [1.29, 1.82) is 0 Å². The standard InChI is InChI=1S/C16H23N3O6S/c1-8(20)13(17)15(23)18-11(6-9-2-4-10(21)5-3-9)14(22)19-12(7-26)16(24)25/h2-5,8,11-13,20-21,26H,6-7,17H2,1H3,(H,18,23)(H,19,22)(H,24,25)/t8-,11+,12+,13+/m1/s1. The van der Waals surface area contributed by atoms with E-state index < -0.39 is 42.0 Å². The van der Waals surface area contributed by atoms with Gasteiger partial charge in [0.25, 0.3) is 0 Å². The van der Waals surface area contributed by atoms with Crippen molar-refractivity contribution in [3.63, 3.8) is 0 Å². The Kier molecular flexibility index (Phi) is 8.36. The number of amides is 2. The topological polar surface area (TPSA) is 162 Å². The SMILES string of the molecule is C[C@@H](O)[C@H](N)C(=O)N[C@@H](Cc1ccc(O)cc1)C(=O)N[C@@H](CS)C(=O)O. The molecule has 9 nitrogen and oxygen atoms in total. The first kappa shape index (κ1) is 21.7. The van der Waals surface area contributed by atoms with Crippen LogP contribution < -0.4 is 16.4 Å². The lowest BCUT2D eigenvalue weighted by atomic mass is 10.0. The van der Waals surface area contributed by atoms with Crippen LogP contribution in [0.1, 0.15) is 12.5 Å². The molecular formula is C16H23N3O6S. The minimum atomic E-state index is -1.26. The normalized spacial score (nSPS) is 15.4. The van der Waals surface area contributed by atoms with E-state index in [2.05, 4.69) is 23.3 Å². The Hall–Kier alpha value is -2.30. The van der Waals surface area contributed by atoms with Gasteiger partial charge in [-0.3, -0.25) is 9.59 Å². The number of carboxylic acids is 1. The molecule has 0 spiro atoms.